The van der Waals surface area contributed by atoms with Crippen LogP contribution in [0.25, 0.3) is 0 Å². The van der Waals surface area contributed by atoms with Gasteiger partial charge in [0, 0.05) is 28.6 Å². The van der Waals surface area contributed by atoms with Crippen LogP contribution < -0.4 is 15.4 Å². The summed E-state index contributed by atoms with van der Waals surface area (Å²) in [6.07, 6.45) is 1.18. The van der Waals surface area contributed by atoms with Gasteiger partial charge in [0.15, 0.2) is 0 Å². The molecule has 0 radical (unpaired) electrons. The highest BCUT2D eigenvalue weighted by Crippen LogP contribution is 2.58. The number of amides is 2. The van der Waals surface area contributed by atoms with Gasteiger partial charge in [-0.1, -0.05) is 17.7 Å². The highest BCUT2D eigenvalue weighted by molar-refractivity contribution is 6.31. The summed E-state index contributed by atoms with van der Waals surface area (Å²) in [4.78, 5) is 27.4. The predicted molar refractivity (Wildman–Crippen MR) is 145 cm³/mol. The van der Waals surface area contributed by atoms with Gasteiger partial charge in [-0.2, -0.15) is 5.26 Å². The normalized spacial score (nSPS) is 26.6. The fraction of sp³-hybridized carbons (Fsp3) is 0.194. The van der Waals surface area contributed by atoms with Gasteiger partial charge in [-0.25, -0.2) is 13.2 Å². The van der Waals surface area contributed by atoms with Gasteiger partial charge in [0.05, 0.1) is 17.7 Å². The third-order valence-corrected chi connectivity index (χ3v) is 8.15. The van der Waals surface area contributed by atoms with Crippen LogP contribution in [-0.4, -0.2) is 18.0 Å². The molecule has 1 spiro atoms. The molecule has 3 aliphatic rings. The molecule has 2 aliphatic heterocycles. The van der Waals surface area contributed by atoms with E-state index in [1.54, 1.807) is 36.4 Å². The Hall–Kier alpha value is -4.55. The van der Waals surface area contributed by atoms with Gasteiger partial charge < -0.3 is 15.4 Å². The van der Waals surface area contributed by atoms with Crippen LogP contribution >= 0.6 is 11.6 Å². The molecule has 2 heterocycles. The fourth-order valence-electron chi connectivity index (χ4n) is 6.20. The number of anilines is 1. The maximum absolute atomic E-state index is 15.5. The minimum atomic E-state index is -1.69. The number of carbonyl (C=O) groups excluding carboxylic acids is 2. The Bertz CT molecular complexity index is 1680. The van der Waals surface area contributed by atoms with E-state index in [1.165, 1.54) is 18.2 Å². The lowest BCUT2D eigenvalue weighted by molar-refractivity contribution is -0.135. The van der Waals surface area contributed by atoms with E-state index in [4.69, 9.17) is 21.6 Å². The number of ether oxygens (including phenoxy) is 1. The van der Waals surface area contributed by atoms with Crippen molar-refractivity contribution in [3.63, 3.8) is 0 Å². The zero-order valence-corrected chi connectivity index (χ0v) is 22.0. The summed E-state index contributed by atoms with van der Waals surface area (Å²) in [6.45, 7) is 0. The summed E-state index contributed by atoms with van der Waals surface area (Å²) in [5.41, 5.74) is -0.409. The van der Waals surface area contributed by atoms with Gasteiger partial charge in [0.1, 0.15) is 34.7 Å². The van der Waals surface area contributed by atoms with E-state index in [1.807, 2.05) is 6.07 Å². The Morgan fingerprint density at radius 1 is 1.05 bits per heavy atom. The second kappa shape index (κ2) is 10.1. The van der Waals surface area contributed by atoms with Gasteiger partial charge in [-0.15, -0.1) is 0 Å². The molecule has 1 saturated heterocycles. The van der Waals surface area contributed by atoms with E-state index in [0.29, 0.717) is 27.6 Å². The Morgan fingerprint density at radius 3 is 2.59 bits per heavy atom. The first-order valence-corrected chi connectivity index (χ1v) is 13.2. The summed E-state index contributed by atoms with van der Waals surface area (Å²) in [7, 11) is 0. The SMILES string of the molecule is N#Cc1ccc(Oc2ccc(F)cc2[C@H]2NC(=O)C[C@@H](C3C=C(F)C=CC3F)[C@]23C(=O)Nc2cc(Cl)ccc23)cc1. The molecule has 206 valence electrons. The molecule has 1 fully saturated rings. The number of nitrogens with one attached hydrogen (secondary N) is 2. The van der Waals surface area contributed by atoms with Crippen LogP contribution in [0.4, 0.5) is 18.9 Å². The number of nitriles is 1. The van der Waals surface area contributed by atoms with Gasteiger partial charge in [0.25, 0.3) is 0 Å². The van der Waals surface area contributed by atoms with E-state index < -0.39 is 52.9 Å². The number of allylic oxidation sites excluding steroid dienone is 4. The summed E-state index contributed by atoms with van der Waals surface area (Å²) in [5, 5.41) is 15.1. The summed E-state index contributed by atoms with van der Waals surface area (Å²) in [6, 6.07) is 15.4. The topological polar surface area (TPSA) is 91.2 Å². The number of hydrogen-bond donors (Lipinski definition) is 2. The molecule has 3 aromatic rings. The standard InChI is InChI=1S/C31H21ClF3N3O3/c32-17-3-8-23-26(11-17)37-30(40)31(23)24(21-12-18(33)4-9-25(21)35)14-28(39)38-29(31)22-13-19(34)5-10-27(22)41-20-6-1-16(15-36)2-7-20/h1-13,21,24-25,29H,14H2,(H,37,40)(H,38,39)/t21?,24-,25?,29+,31-/m0/s1. The maximum atomic E-state index is 15.5. The van der Waals surface area contributed by atoms with Crippen LogP contribution in [0, 0.1) is 29.0 Å². The highest BCUT2D eigenvalue weighted by Gasteiger charge is 2.63. The van der Waals surface area contributed by atoms with Crippen molar-refractivity contribution < 1.29 is 27.5 Å². The lowest BCUT2D eigenvalue weighted by atomic mass is 9.56. The molecule has 41 heavy (non-hydrogen) atoms. The fourth-order valence-corrected chi connectivity index (χ4v) is 6.37. The lowest BCUT2D eigenvalue weighted by Gasteiger charge is -2.49. The number of halogens is 4. The number of piperidine rings is 1. The minimum Gasteiger partial charge on any atom is -0.457 e. The summed E-state index contributed by atoms with van der Waals surface area (Å²) < 4.78 is 50.9. The Kier molecular flexibility index (Phi) is 6.59. The van der Waals surface area contributed by atoms with Crippen LogP contribution in [-0.2, 0) is 15.0 Å². The average Bonchev–Trinajstić information content (AvgIpc) is 3.23. The first-order chi connectivity index (χ1) is 19.7. The second-order valence-corrected chi connectivity index (χ2v) is 10.6. The monoisotopic (exact) mass is 575 g/mol. The van der Waals surface area contributed by atoms with Crippen molar-refractivity contribution in [3.05, 3.63) is 112 Å². The second-order valence-electron chi connectivity index (χ2n) is 10.2. The van der Waals surface area contributed by atoms with E-state index in [0.717, 1.165) is 24.3 Å². The first-order valence-electron chi connectivity index (χ1n) is 12.8. The van der Waals surface area contributed by atoms with Crippen molar-refractivity contribution in [2.75, 3.05) is 5.32 Å². The van der Waals surface area contributed by atoms with E-state index in [2.05, 4.69) is 10.6 Å². The molecule has 0 aromatic heterocycles. The average molecular weight is 576 g/mol. The molecule has 0 bridgehead atoms. The number of benzene rings is 3. The van der Waals surface area contributed by atoms with Crippen LogP contribution in [0.15, 0.2) is 84.7 Å². The third kappa shape index (κ3) is 4.45. The number of carbonyl (C=O) groups is 2. The van der Waals surface area contributed by atoms with Crippen molar-refractivity contribution in [1.82, 2.24) is 5.32 Å². The minimum absolute atomic E-state index is 0.122. The molecule has 6 rings (SSSR count). The maximum Gasteiger partial charge on any atom is 0.237 e. The highest BCUT2D eigenvalue weighted by atomic mass is 35.5. The van der Waals surface area contributed by atoms with Crippen molar-refractivity contribution in [2.24, 2.45) is 11.8 Å². The van der Waals surface area contributed by atoms with Crippen molar-refractivity contribution in [1.29, 1.82) is 5.26 Å². The molecule has 2 amide bonds. The van der Waals surface area contributed by atoms with Crippen LogP contribution in [0.1, 0.15) is 29.2 Å². The van der Waals surface area contributed by atoms with Gasteiger partial charge in [-0.3, -0.25) is 9.59 Å². The number of hydrogen-bond acceptors (Lipinski definition) is 4. The van der Waals surface area contributed by atoms with E-state index in [9.17, 15) is 18.4 Å². The largest absolute Gasteiger partial charge is 0.457 e. The number of rotatable bonds is 4. The lowest BCUT2D eigenvalue weighted by Crippen LogP contribution is -2.60. The van der Waals surface area contributed by atoms with E-state index in [-0.39, 0.29) is 17.7 Å². The number of nitrogens with zero attached hydrogens (tertiary/aromatic N) is 1. The van der Waals surface area contributed by atoms with Gasteiger partial charge in [-0.05, 0) is 84.3 Å². The van der Waals surface area contributed by atoms with Crippen LogP contribution in [0.5, 0.6) is 11.5 Å². The van der Waals surface area contributed by atoms with Crippen LogP contribution in [0.3, 0.4) is 0 Å². The quantitative estimate of drug-likeness (QED) is 0.367. The molecular formula is C31H21ClF3N3O3. The number of fused-ring (bicyclic) bond motifs is 2. The summed E-state index contributed by atoms with van der Waals surface area (Å²) in [5.74, 6) is -4.26. The van der Waals surface area contributed by atoms with Crippen molar-refractivity contribution in [3.8, 4) is 17.6 Å². The smallest absolute Gasteiger partial charge is 0.237 e. The third-order valence-electron chi connectivity index (χ3n) is 7.92. The molecule has 2 unspecified atom stereocenters. The van der Waals surface area contributed by atoms with Crippen molar-refractivity contribution in [2.45, 2.75) is 24.0 Å². The molecule has 6 nitrogen and oxygen atoms in total. The Labute approximate surface area is 238 Å². The molecule has 5 atom stereocenters. The van der Waals surface area contributed by atoms with E-state index >= 15 is 4.39 Å². The van der Waals surface area contributed by atoms with Crippen LogP contribution in [0.2, 0.25) is 5.02 Å². The molecule has 10 heteroatoms. The zero-order valence-electron chi connectivity index (χ0n) is 21.2. The Morgan fingerprint density at radius 2 is 1.83 bits per heavy atom. The van der Waals surface area contributed by atoms with Crippen molar-refractivity contribution >= 4 is 29.1 Å². The number of alkyl halides is 1. The van der Waals surface area contributed by atoms with Gasteiger partial charge in [0.2, 0.25) is 11.8 Å². The molecule has 1 aliphatic carbocycles. The molecular weight excluding hydrogens is 555 g/mol. The molecule has 2 N–H and O–H groups in total. The van der Waals surface area contributed by atoms with Gasteiger partial charge >= 0.3 is 0 Å². The summed E-state index contributed by atoms with van der Waals surface area (Å²) >= 11 is 6.22. The Balaban J connectivity index is 1.57. The first kappa shape index (κ1) is 26.7. The molecule has 0 saturated carbocycles. The zero-order chi connectivity index (χ0) is 28.9. The molecule has 3 aromatic carbocycles. The predicted octanol–water partition coefficient (Wildman–Crippen LogP) is 6.59.